The van der Waals surface area contributed by atoms with Gasteiger partial charge >= 0.3 is 5.97 Å². The van der Waals surface area contributed by atoms with E-state index in [4.69, 9.17) is 24.7 Å². The maximum Gasteiger partial charge on any atom is 0.338 e. The van der Waals surface area contributed by atoms with Crippen LogP contribution in [0.3, 0.4) is 0 Å². The van der Waals surface area contributed by atoms with Crippen molar-refractivity contribution in [3.8, 4) is 11.8 Å². The van der Waals surface area contributed by atoms with Gasteiger partial charge in [-0.3, -0.25) is 4.90 Å². The van der Waals surface area contributed by atoms with Gasteiger partial charge in [-0.15, -0.1) is 0 Å². The number of esters is 1. The van der Waals surface area contributed by atoms with E-state index in [1.807, 2.05) is 24.3 Å². The topological polar surface area (TPSA) is 107 Å². The molecule has 2 N–H and O–H groups in total. The number of nitrogens with two attached hydrogens (primary N) is 1. The number of hydrogen-bond acceptors (Lipinski definition) is 8. The third kappa shape index (κ3) is 5.23. The third-order valence-electron chi connectivity index (χ3n) is 5.49. The highest BCUT2D eigenvalue weighted by Gasteiger charge is 2.37. The first-order valence-electron chi connectivity index (χ1n) is 10.9. The molecular weight excluding hydrogens is 410 g/mol. The van der Waals surface area contributed by atoms with Gasteiger partial charge in [-0.05, 0) is 33.8 Å². The second-order valence-corrected chi connectivity index (χ2v) is 8.02. The van der Waals surface area contributed by atoms with Gasteiger partial charge in [-0.2, -0.15) is 5.26 Å². The van der Waals surface area contributed by atoms with E-state index in [2.05, 4.69) is 24.8 Å². The molecule has 2 aliphatic rings. The van der Waals surface area contributed by atoms with Crippen LogP contribution >= 0.6 is 0 Å². The molecule has 0 spiro atoms. The Kier molecular flexibility index (Phi) is 7.78. The number of carbonyl (C=O) groups excluding carboxylic acids is 1. The summed E-state index contributed by atoms with van der Waals surface area (Å²) in [4.78, 5) is 15.1. The molecule has 3 rings (SSSR count). The Hall–Kier alpha value is -3.02. The maximum atomic E-state index is 12.8. The van der Waals surface area contributed by atoms with Crippen LogP contribution in [0.1, 0.15) is 39.2 Å². The number of hydrogen-bond donors (Lipinski definition) is 1. The van der Waals surface area contributed by atoms with E-state index in [9.17, 15) is 10.1 Å². The predicted molar refractivity (Wildman–Crippen MR) is 118 cm³/mol. The molecule has 8 nitrogen and oxygen atoms in total. The zero-order valence-electron chi connectivity index (χ0n) is 19.1. The lowest BCUT2D eigenvalue weighted by molar-refractivity contribution is -0.139. The molecule has 0 amide bonds. The van der Waals surface area contributed by atoms with Crippen LogP contribution in [-0.4, -0.2) is 55.9 Å². The van der Waals surface area contributed by atoms with Gasteiger partial charge in [0.2, 0.25) is 5.88 Å². The van der Waals surface area contributed by atoms with Gasteiger partial charge in [0, 0.05) is 25.2 Å². The molecule has 32 heavy (non-hydrogen) atoms. The summed E-state index contributed by atoms with van der Waals surface area (Å²) in [6, 6.07) is 9.47. The van der Waals surface area contributed by atoms with Crippen molar-refractivity contribution in [2.45, 2.75) is 45.8 Å². The lowest BCUT2D eigenvalue weighted by Gasteiger charge is -2.35. The van der Waals surface area contributed by atoms with Crippen LogP contribution in [-0.2, 0) is 19.0 Å². The fraction of sp³-hybridized carbons (Fsp3) is 0.500. The minimum absolute atomic E-state index is 0.0193. The Morgan fingerprint density at radius 1 is 1.28 bits per heavy atom. The fourth-order valence-electron chi connectivity index (χ4n) is 4.27. The average Bonchev–Trinajstić information content (AvgIpc) is 2.73. The number of nitrogens with zero attached hydrogens (tertiary/aromatic N) is 2. The molecule has 1 aromatic rings. The summed E-state index contributed by atoms with van der Waals surface area (Å²) in [5.41, 5.74) is 7.09. The van der Waals surface area contributed by atoms with Crippen LogP contribution in [0.25, 0.3) is 0 Å². The molecular formula is C24H31N3O5. The van der Waals surface area contributed by atoms with Gasteiger partial charge in [0.1, 0.15) is 29.8 Å². The second-order valence-electron chi connectivity index (χ2n) is 8.02. The standard InChI is InChI=1S/C24H31N3O5/c1-5-29-24(28)21-17(4)32-23(26)19(12-25)22(21)18-8-6-7-9-20(18)30-11-10-27-13-15(2)31-16(3)14-27/h6-9,15-16,22H,5,10-11,13-14,26H2,1-4H3. The highest BCUT2D eigenvalue weighted by Crippen LogP contribution is 2.42. The summed E-state index contributed by atoms with van der Waals surface area (Å²) in [6.45, 7) is 10.6. The fourth-order valence-corrected chi connectivity index (χ4v) is 4.27. The monoisotopic (exact) mass is 441 g/mol. The number of ether oxygens (including phenoxy) is 4. The Labute approximate surface area is 189 Å². The smallest absolute Gasteiger partial charge is 0.338 e. The molecule has 8 heteroatoms. The summed E-state index contributed by atoms with van der Waals surface area (Å²) in [5, 5.41) is 9.79. The minimum Gasteiger partial charge on any atom is -0.492 e. The molecule has 172 valence electrons. The molecule has 0 aliphatic carbocycles. The lowest BCUT2D eigenvalue weighted by Crippen LogP contribution is -2.46. The maximum absolute atomic E-state index is 12.8. The van der Waals surface area contributed by atoms with Gasteiger partial charge in [0.15, 0.2) is 0 Å². The van der Waals surface area contributed by atoms with Gasteiger partial charge in [-0.25, -0.2) is 4.79 Å². The van der Waals surface area contributed by atoms with E-state index < -0.39 is 11.9 Å². The highest BCUT2D eigenvalue weighted by molar-refractivity contribution is 5.92. The van der Waals surface area contributed by atoms with Crippen LogP contribution in [0.15, 0.2) is 47.1 Å². The van der Waals surface area contributed by atoms with Crippen LogP contribution < -0.4 is 10.5 Å². The Balaban J connectivity index is 1.86. The number of nitriles is 1. The van der Waals surface area contributed by atoms with Crippen molar-refractivity contribution >= 4 is 5.97 Å². The summed E-state index contributed by atoms with van der Waals surface area (Å²) in [5.74, 6) is -0.386. The highest BCUT2D eigenvalue weighted by atomic mass is 16.5. The van der Waals surface area contributed by atoms with E-state index in [-0.39, 0.29) is 35.8 Å². The molecule has 1 fully saturated rings. The zero-order valence-corrected chi connectivity index (χ0v) is 19.1. The van der Waals surface area contributed by atoms with E-state index >= 15 is 0 Å². The Morgan fingerprint density at radius 2 is 1.97 bits per heavy atom. The first-order chi connectivity index (χ1) is 15.3. The van der Waals surface area contributed by atoms with Gasteiger partial charge in [0.25, 0.3) is 0 Å². The minimum atomic E-state index is -0.729. The molecule has 0 radical (unpaired) electrons. The van der Waals surface area contributed by atoms with Crippen molar-refractivity contribution in [2.24, 2.45) is 5.73 Å². The third-order valence-corrected chi connectivity index (χ3v) is 5.49. The summed E-state index contributed by atoms with van der Waals surface area (Å²) in [6.07, 6.45) is 0.361. The largest absolute Gasteiger partial charge is 0.492 e. The Bertz CT molecular complexity index is 939. The molecule has 0 bridgehead atoms. The molecule has 3 atom stereocenters. The van der Waals surface area contributed by atoms with Crippen molar-refractivity contribution in [1.29, 1.82) is 5.26 Å². The van der Waals surface area contributed by atoms with Crippen molar-refractivity contribution in [3.05, 3.63) is 52.6 Å². The van der Waals surface area contributed by atoms with Crippen LogP contribution in [0, 0.1) is 11.3 Å². The lowest BCUT2D eigenvalue weighted by atomic mass is 9.82. The van der Waals surface area contributed by atoms with Crippen molar-refractivity contribution < 1.29 is 23.7 Å². The van der Waals surface area contributed by atoms with Gasteiger partial charge in [0.05, 0.1) is 30.3 Å². The van der Waals surface area contributed by atoms with Crippen LogP contribution in [0.2, 0.25) is 0 Å². The quantitative estimate of drug-likeness (QED) is 0.644. The molecule has 0 aromatic heterocycles. The molecule has 2 aliphatic heterocycles. The number of benzene rings is 1. The molecule has 1 aromatic carbocycles. The van der Waals surface area contributed by atoms with Crippen molar-refractivity contribution in [2.75, 3.05) is 32.8 Å². The van der Waals surface area contributed by atoms with Crippen LogP contribution in [0.5, 0.6) is 5.75 Å². The first kappa shape index (κ1) is 23.6. The normalized spacial score (nSPS) is 24.0. The van der Waals surface area contributed by atoms with Crippen molar-refractivity contribution in [1.82, 2.24) is 4.90 Å². The molecule has 2 heterocycles. The van der Waals surface area contributed by atoms with Gasteiger partial charge < -0.3 is 24.7 Å². The Morgan fingerprint density at radius 3 is 2.62 bits per heavy atom. The van der Waals surface area contributed by atoms with Gasteiger partial charge in [-0.1, -0.05) is 18.2 Å². The molecule has 3 unspecified atom stereocenters. The van der Waals surface area contributed by atoms with Crippen molar-refractivity contribution in [3.63, 3.8) is 0 Å². The summed E-state index contributed by atoms with van der Waals surface area (Å²) < 4.78 is 22.7. The van der Waals surface area contributed by atoms with E-state index in [0.29, 0.717) is 23.7 Å². The number of rotatable bonds is 7. The summed E-state index contributed by atoms with van der Waals surface area (Å²) in [7, 11) is 0. The van der Waals surface area contributed by atoms with Crippen LogP contribution in [0.4, 0.5) is 0 Å². The molecule has 1 saturated heterocycles. The number of para-hydroxylation sites is 1. The second kappa shape index (κ2) is 10.5. The average molecular weight is 442 g/mol. The number of carbonyl (C=O) groups is 1. The first-order valence-corrected chi connectivity index (χ1v) is 10.9. The van der Waals surface area contributed by atoms with E-state index in [1.165, 1.54) is 0 Å². The summed E-state index contributed by atoms with van der Waals surface area (Å²) >= 11 is 0. The number of morpholine rings is 1. The molecule has 0 saturated carbocycles. The van der Waals surface area contributed by atoms with E-state index in [1.54, 1.807) is 13.8 Å². The predicted octanol–water partition coefficient (Wildman–Crippen LogP) is 2.82. The zero-order chi connectivity index (χ0) is 23.3. The number of allylic oxidation sites excluding steroid dienone is 2. The SMILES string of the molecule is CCOC(=O)C1=C(C)OC(N)=C(C#N)C1c1ccccc1OCCN1CC(C)OC(C)C1. The van der Waals surface area contributed by atoms with E-state index in [0.717, 1.165) is 19.6 Å².